The zero-order valence-electron chi connectivity index (χ0n) is 14.3. The Morgan fingerprint density at radius 1 is 0.880 bits per heavy atom. The molecule has 0 atom stereocenters. The summed E-state index contributed by atoms with van der Waals surface area (Å²) in [6.45, 7) is 1.84. The van der Waals surface area contributed by atoms with Crippen LogP contribution in [0, 0.1) is 0 Å². The molecule has 0 aliphatic carbocycles. The molecule has 0 saturated heterocycles. The van der Waals surface area contributed by atoms with Crippen molar-refractivity contribution < 1.29 is 0 Å². The molecule has 3 aromatic rings. The molecule has 0 aromatic heterocycles. The maximum absolute atomic E-state index is 6.29. The van der Waals surface area contributed by atoms with Crippen molar-refractivity contribution in [3.05, 3.63) is 77.4 Å². The third-order valence-electron chi connectivity index (χ3n) is 4.86. The highest BCUT2D eigenvalue weighted by Crippen LogP contribution is 2.23. The number of nitrogens with zero attached hydrogens (tertiary/aromatic N) is 1. The predicted molar refractivity (Wildman–Crippen MR) is 106 cm³/mol. The number of rotatable bonds is 4. The highest BCUT2D eigenvalue weighted by molar-refractivity contribution is 6.04. The fourth-order valence-corrected chi connectivity index (χ4v) is 3.60. The van der Waals surface area contributed by atoms with E-state index in [0.29, 0.717) is 0 Å². The summed E-state index contributed by atoms with van der Waals surface area (Å²) in [7, 11) is 0. The summed E-state index contributed by atoms with van der Waals surface area (Å²) in [6, 6.07) is 21.3. The predicted octanol–water partition coefficient (Wildman–Crippen LogP) is 3.95. The van der Waals surface area contributed by atoms with Crippen LogP contribution in [0.15, 0.2) is 65.7 Å². The van der Waals surface area contributed by atoms with Crippen LogP contribution < -0.4 is 11.1 Å². The largest absolute Gasteiger partial charge is 0.398 e. The van der Waals surface area contributed by atoms with Crippen molar-refractivity contribution in [3.8, 4) is 0 Å². The average molecular weight is 329 g/mol. The van der Waals surface area contributed by atoms with Crippen molar-refractivity contribution in [1.82, 2.24) is 5.32 Å². The lowest BCUT2D eigenvalue weighted by molar-refractivity contribution is 0.741. The molecule has 3 nitrogen and oxygen atoms in total. The van der Waals surface area contributed by atoms with Crippen LogP contribution in [-0.4, -0.2) is 18.9 Å². The maximum atomic E-state index is 6.29. The Kier molecular flexibility index (Phi) is 4.38. The van der Waals surface area contributed by atoms with E-state index in [9.17, 15) is 0 Å². The highest BCUT2D eigenvalue weighted by atomic mass is 15.0. The van der Waals surface area contributed by atoms with Gasteiger partial charge in [-0.1, -0.05) is 54.6 Å². The van der Waals surface area contributed by atoms with Crippen LogP contribution in [0.5, 0.6) is 0 Å². The molecule has 0 radical (unpaired) electrons. The number of fused-ring (bicyclic) bond motifs is 1. The Bertz CT molecular complexity index is 922. The number of aliphatic imine (C=N–C) groups is 1. The Morgan fingerprint density at radius 3 is 2.52 bits per heavy atom. The number of anilines is 1. The van der Waals surface area contributed by atoms with Gasteiger partial charge in [-0.3, -0.25) is 4.99 Å². The van der Waals surface area contributed by atoms with Crippen LogP contribution in [0.25, 0.3) is 10.8 Å². The summed E-state index contributed by atoms with van der Waals surface area (Å²) in [5, 5.41) is 6.05. The molecule has 3 heteroatoms. The number of hydrogen-bond donors (Lipinski definition) is 2. The summed E-state index contributed by atoms with van der Waals surface area (Å²) in [4.78, 5) is 4.65. The summed E-state index contributed by atoms with van der Waals surface area (Å²) in [5.41, 5.74) is 10.8. The first kappa shape index (κ1) is 15.7. The van der Waals surface area contributed by atoms with Gasteiger partial charge in [0.15, 0.2) is 0 Å². The molecule has 0 saturated carbocycles. The highest BCUT2D eigenvalue weighted by Gasteiger charge is 2.15. The van der Waals surface area contributed by atoms with Gasteiger partial charge in [0.2, 0.25) is 0 Å². The van der Waals surface area contributed by atoms with Crippen molar-refractivity contribution in [2.45, 2.75) is 19.3 Å². The third-order valence-corrected chi connectivity index (χ3v) is 4.86. The number of benzene rings is 3. The molecule has 126 valence electrons. The summed E-state index contributed by atoms with van der Waals surface area (Å²) < 4.78 is 0. The zero-order chi connectivity index (χ0) is 17.1. The SMILES string of the molecule is Nc1cccc(CCc2cccc3ccccc23)c1C1=NCCCN1. The quantitative estimate of drug-likeness (QED) is 0.712. The van der Waals surface area contributed by atoms with Crippen molar-refractivity contribution in [3.63, 3.8) is 0 Å². The molecule has 25 heavy (non-hydrogen) atoms. The van der Waals surface area contributed by atoms with Gasteiger partial charge >= 0.3 is 0 Å². The molecule has 1 aliphatic heterocycles. The smallest absolute Gasteiger partial charge is 0.130 e. The van der Waals surface area contributed by atoms with E-state index in [1.807, 2.05) is 12.1 Å². The maximum Gasteiger partial charge on any atom is 0.130 e. The number of hydrogen-bond acceptors (Lipinski definition) is 3. The average Bonchev–Trinajstić information content (AvgIpc) is 2.67. The third kappa shape index (κ3) is 3.22. The van der Waals surface area contributed by atoms with Crippen molar-refractivity contribution in [1.29, 1.82) is 0 Å². The van der Waals surface area contributed by atoms with Gasteiger partial charge in [0.25, 0.3) is 0 Å². The van der Waals surface area contributed by atoms with E-state index in [0.717, 1.165) is 49.4 Å². The van der Waals surface area contributed by atoms with Gasteiger partial charge in [-0.05, 0) is 47.2 Å². The van der Waals surface area contributed by atoms with E-state index < -0.39 is 0 Å². The fourth-order valence-electron chi connectivity index (χ4n) is 3.60. The Hall–Kier alpha value is -2.81. The minimum Gasteiger partial charge on any atom is -0.398 e. The second-order valence-electron chi connectivity index (χ2n) is 6.53. The van der Waals surface area contributed by atoms with Gasteiger partial charge in [-0.15, -0.1) is 0 Å². The van der Waals surface area contributed by atoms with Gasteiger partial charge < -0.3 is 11.1 Å². The number of nitrogens with one attached hydrogen (secondary N) is 1. The second kappa shape index (κ2) is 6.98. The van der Waals surface area contributed by atoms with E-state index in [2.05, 4.69) is 58.8 Å². The summed E-state index contributed by atoms with van der Waals surface area (Å²) >= 11 is 0. The molecule has 1 aliphatic rings. The molecule has 3 N–H and O–H groups in total. The van der Waals surface area contributed by atoms with Crippen LogP contribution in [0.4, 0.5) is 5.69 Å². The van der Waals surface area contributed by atoms with Crippen LogP contribution in [0.1, 0.15) is 23.1 Å². The lowest BCUT2D eigenvalue weighted by atomic mass is 9.95. The van der Waals surface area contributed by atoms with Gasteiger partial charge in [-0.25, -0.2) is 0 Å². The van der Waals surface area contributed by atoms with E-state index in [-0.39, 0.29) is 0 Å². The molecule has 4 rings (SSSR count). The monoisotopic (exact) mass is 329 g/mol. The number of aryl methyl sites for hydroxylation is 2. The minimum absolute atomic E-state index is 0.809. The lowest BCUT2D eigenvalue weighted by Gasteiger charge is -2.19. The first-order valence-electron chi connectivity index (χ1n) is 8.95. The second-order valence-corrected chi connectivity index (χ2v) is 6.53. The van der Waals surface area contributed by atoms with Crippen molar-refractivity contribution in [2.24, 2.45) is 4.99 Å². The molecule has 0 fully saturated rings. The lowest BCUT2D eigenvalue weighted by Crippen LogP contribution is -2.31. The normalized spacial score (nSPS) is 14.2. The van der Waals surface area contributed by atoms with Crippen LogP contribution in [-0.2, 0) is 12.8 Å². The molecule has 0 amide bonds. The molecular formula is C22H23N3. The van der Waals surface area contributed by atoms with Crippen molar-refractivity contribution in [2.75, 3.05) is 18.8 Å². The van der Waals surface area contributed by atoms with Gasteiger partial charge in [0.05, 0.1) is 0 Å². The van der Waals surface area contributed by atoms with Crippen LogP contribution >= 0.6 is 0 Å². The molecule has 0 spiro atoms. The summed E-state index contributed by atoms with van der Waals surface area (Å²) in [5.74, 6) is 0.956. The molecule has 0 unspecified atom stereocenters. The van der Waals surface area contributed by atoms with E-state index in [1.54, 1.807) is 0 Å². The Labute approximate surface area is 148 Å². The summed E-state index contributed by atoms with van der Waals surface area (Å²) in [6.07, 6.45) is 3.03. The fraction of sp³-hybridized carbons (Fsp3) is 0.227. The molecule has 0 bridgehead atoms. The Balaban J connectivity index is 1.65. The Morgan fingerprint density at radius 2 is 1.64 bits per heavy atom. The number of nitrogen functional groups attached to an aromatic ring is 1. The van der Waals surface area contributed by atoms with Crippen molar-refractivity contribution >= 4 is 22.3 Å². The van der Waals surface area contributed by atoms with E-state index in [1.165, 1.54) is 21.9 Å². The van der Waals surface area contributed by atoms with Gasteiger partial charge in [0.1, 0.15) is 5.84 Å². The van der Waals surface area contributed by atoms with Crippen LogP contribution in [0.3, 0.4) is 0 Å². The zero-order valence-corrected chi connectivity index (χ0v) is 14.3. The number of amidine groups is 1. The molecule has 1 heterocycles. The molecular weight excluding hydrogens is 306 g/mol. The first-order valence-corrected chi connectivity index (χ1v) is 8.95. The van der Waals surface area contributed by atoms with E-state index in [4.69, 9.17) is 5.73 Å². The van der Waals surface area contributed by atoms with Gasteiger partial charge in [-0.2, -0.15) is 0 Å². The number of nitrogens with two attached hydrogens (primary N) is 1. The topological polar surface area (TPSA) is 50.4 Å². The van der Waals surface area contributed by atoms with Crippen LogP contribution in [0.2, 0.25) is 0 Å². The minimum atomic E-state index is 0.809. The van der Waals surface area contributed by atoms with E-state index >= 15 is 0 Å². The van der Waals surface area contributed by atoms with Gasteiger partial charge in [0, 0.05) is 24.3 Å². The standard InChI is InChI=1S/C22H23N3/c23-20-11-4-9-18(21(20)22-24-14-5-15-25-22)13-12-17-8-3-7-16-6-1-2-10-19(16)17/h1-4,6-11H,5,12-15,23H2,(H,24,25). The first-order chi connectivity index (χ1) is 12.3. The molecule has 3 aromatic carbocycles.